The smallest absolute Gasteiger partial charge is 0.472 e. The molecular weight excluding hydrogens is 701 g/mol. The van der Waals surface area contributed by atoms with Gasteiger partial charge in [0.1, 0.15) is 19.8 Å². The zero-order chi connectivity index (χ0) is 40.0. The van der Waals surface area contributed by atoms with Gasteiger partial charge in [0, 0.05) is 6.42 Å². The molecular formula is C44H81NO8P+. The lowest BCUT2D eigenvalue weighted by molar-refractivity contribution is -0.870. The van der Waals surface area contributed by atoms with Crippen molar-refractivity contribution in [2.24, 2.45) is 0 Å². The van der Waals surface area contributed by atoms with Crippen LogP contribution < -0.4 is 0 Å². The number of allylic oxidation sites excluding steroid dienone is 8. The zero-order valence-corrected chi connectivity index (χ0v) is 35.9. The topological polar surface area (TPSA) is 112 Å². The maximum Gasteiger partial charge on any atom is 0.472 e. The van der Waals surface area contributed by atoms with Crippen molar-refractivity contribution in [2.75, 3.05) is 47.5 Å². The van der Waals surface area contributed by atoms with Gasteiger partial charge in [0.25, 0.3) is 0 Å². The lowest BCUT2D eigenvalue weighted by Crippen LogP contribution is -2.37. The van der Waals surface area contributed by atoms with E-state index >= 15 is 0 Å². The number of likely N-dealkylation sites (N-methyl/N-ethyl adjacent to an activating group) is 1. The summed E-state index contributed by atoms with van der Waals surface area (Å²) >= 11 is 0. The Bertz CT molecular complexity index is 1070. The zero-order valence-electron chi connectivity index (χ0n) is 35.1. The number of hydrogen-bond acceptors (Lipinski definition) is 7. The highest BCUT2D eigenvalue weighted by Crippen LogP contribution is 2.43. The van der Waals surface area contributed by atoms with Crippen LogP contribution in [-0.2, 0) is 27.9 Å². The Morgan fingerprint density at radius 2 is 1.26 bits per heavy atom. The standard InChI is InChI=1S/C44H80NO8P/c1-6-8-10-11-12-13-14-15-16-20-23-26-29-33-38-50-40-43(41-52-54(48,49)51-39-37-45(3,4)5)53-44(47)36-32-28-25-22-19-17-18-21-24-27-31-35-42(46)34-30-9-7-2/h17-18,22,24-25,27,31,33,35,38,42-43,46H,6-16,19-21,23,26,28-30,32,34,36-37,39-41H2,1-5H3/p+1/b18-17-,25-22-,27-24-,35-31+,38-33+/t42-,43+/m0/s1. The van der Waals surface area contributed by atoms with E-state index in [1.807, 2.05) is 45.4 Å². The molecule has 0 amide bonds. The molecule has 0 aliphatic carbocycles. The Morgan fingerprint density at radius 1 is 0.685 bits per heavy atom. The number of aliphatic hydroxyl groups excluding tert-OH is 1. The number of aliphatic hydroxyl groups is 1. The molecule has 3 atom stereocenters. The van der Waals surface area contributed by atoms with Gasteiger partial charge in [-0.15, -0.1) is 0 Å². The number of phosphoric ester groups is 1. The molecule has 314 valence electrons. The molecule has 1 unspecified atom stereocenters. The van der Waals surface area contributed by atoms with Gasteiger partial charge in [-0.1, -0.05) is 152 Å². The molecule has 0 aromatic carbocycles. The molecule has 0 aromatic heterocycles. The number of unbranched alkanes of at least 4 members (excludes halogenated alkanes) is 15. The molecule has 0 aliphatic rings. The first kappa shape index (κ1) is 52.0. The van der Waals surface area contributed by atoms with Gasteiger partial charge in [0.05, 0.1) is 40.1 Å². The van der Waals surface area contributed by atoms with Gasteiger partial charge in [-0.2, -0.15) is 0 Å². The second-order valence-corrected chi connectivity index (χ2v) is 16.7. The quantitative estimate of drug-likeness (QED) is 0.0121. The van der Waals surface area contributed by atoms with Gasteiger partial charge in [-0.05, 0) is 51.0 Å². The van der Waals surface area contributed by atoms with Crippen LogP contribution in [0.25, 0.3) is 0 Å². The van der Waals surface area contributed by atoms with Crippen LogP contribution in [0.1, 0.15) is 155 Å². The fourth-order valence-electron chi connectivity index (χ4n) is 5.38. The van der Waals surface area contributed by atoms with Gasteiger partial charge in [0.2, 0.25) is 0 Å². The van der Waals surface area contributed by atoms with Crippen LogP contribution in [0.5, 0.6) is 0 Å². The lowest BCUT2D eigenvalue weighted by atomic mass is 10.0. The Morgan fingerprint density at radius 3 is 1.91 bits per heavy atom. The highest BCUT2D eigenvalue weighted by atomic mass is 31.2. The number of ether oxygens (including phenoxy) is 2. The fourth-order valence-corrected chi connectivity index (χ4v) is 6.13. The normalized spacial score (nSPS) is 14.9. The average Bonchev–Trinajstić information content (AvgIpc) is 3.11. The second-order valence-electron chi connectivity index (χ2n) is 15.3. The number of carbonyl (C=O) groups is 1. The van der Waals surface area contributed by atoms with Crippen LogP contribution >= 0.6 is 7.82 Å². The van der Waals surface area contributed by atoms with Crippen molar-refractivity contribution in [3.63, 3.8) is 0 Å². The van der Waals surface area contributed by atoms with E-state index in [1.54, 1.807) is 6.26 Å². The van der Waals surface area contributed by atoms with E-state index in [4.69, 9.17) is 18.5 Å². The lowest BCUT2D eigenvalue weighted by Gasteiger charge is -2.24. The molecule has 2 N–H and O–H groups in total. The second kappa shape index (κ2) is 36.6. The van der Waals surface area contributed by atoms with Crippen molar-refractivity contribution < 1.29 is 42.4 Å². The number of phosphoric acid groups is 1. The number of esters is 1. The van der Waals surface area contributed by atoms with E-state index < -0.39 is 19.9 Å². The average molecular weight is 783 g/mol. The first-order valence-corrected chi connectivity index (χ1v) is 22.7. The summed E-state index contributed by atoms with van der Waals surface area (Å²) in [4.78, 5) is 22.8. The van der Waals surface area contributed by atoms with Crippen molar-refractivity contribution in [3.8, 4) is 0 Å². The Labute approximate surface area is 331 Å². The van der Waals surface area contributed by atoms with Crippen LogP contribution in [0.2, 0.25) is 0 Å². The number of carbonyl (C=O) groups excluding carboxylic acids is 1. The molecule has 54 heavy (non-hydrogen) atoms. The van der Waals surface area contributed by atoms with Crippen molar-refractivity contribution in [1.29, 1.82) is 0 Å². The van der Waals surface area contributed by atoms with E-state index in [-0.39, 0.29) is 32.3 Å². The molecule has 9 nitrogen and oxygen atoms in total. The van der Waals surface area contributed by atoms with Crippen molar-refractivity contribution in [2.45, 2.75) is 167 Å². The molecule has 0 bridgehead atoms. The van der Waals surface area contributed by atoms with Gasteiger partial charge in [0.15, 0.2) is 6.10 Å². The molecule has 10 heteroatoms. The maximum absolute atomic E-state index is 12.6. The van der Waals surface area contributed by atoms with Crippen molar-refractivity contribution in [1.82, 2.24) is 0 Å². The summed E-state index contributed by atoms with van der Waals surface area (Å²) in [6, 6.07) is 0. The van der Waals surface area contributed by atoms with E-state index in [1.165, 1.54) is 70.6 Å². The summed E-state index contributed by atoms with van der Waals surface area (Å²) in [5.41, 5.74) is 0. The highest BCUT2D eigenvalue weighted by Gasteiger charge is 2.26. The number of quaternary nitrogens is 1. The third-order valence-corrected chi connectivity index (χ3v) is 9.73. The Hall–Kier alpha value is -2.00. The first-order chi connectivity index (χ1) is 26.0. The SMILES string of the molecule is CCCCCCCCCCCCCC/C=C/OC[C@H](COP(=O)(O)OCC[N+](C)(C)C)OC(=O)CCC/C=C\C/C=C\C/C=C\C=C\[C@@H](O)CCCCC. The molecule has 0 spiro atoms. The predicted molar refractivity (Wildman–Crippen MR) is 225 cm³/mol. The molecule has 0 rings (SSSR count). The Balaban J connectivity index is 4.47. The van der Waals surface area contributed by atoms with Crippen molar-refractivity contribution in [3.05, 3.63) is 60.9 Å². The van der Waals surface area contributed by atoms with Crippen LogP contribution in [0, 0.1) is 0 Å². The van der Waals surface area contributed by atoms with Gasteiger partial charge >= 0.3 is 13.8 Å². The summed E-state index contributed by atoms with van der Waals surface area (Å²) in [5.74, 6) is -0.408. The summed E-state index contributed by atoms with van der Waals surface area (Å²) in [6.07, 6.45) is 42.5. The van der Waals surface area contributed by atoms with Gasteiger partial charge in [-0.25, -0.2) is 4.57 Å². The van der Waals surface area contributed by atoms with Crippen LogP contribution in [0.3, 0.4) is 0 Å². The van der Waals surface area contributed by atoms with Crippen LogP contribution in [0.4, 0.5) is 0 Å². The Kier molecular flexibility index (Phi) is 35.3. The predicted octanol–water partition coefficient (Wildman–Crippen LogP) is 11.5. The van der Waals surface area contributed by atoms with E-state index in [0.717, 1.165) is 57.8 Å². The minimum absolute atomic E-state index is 0.0122. The minimum Gasteiger partial charge on any atom is -0.498 e. The summed E-state index contributed by atoms with van der Waals surface area (Å²) in [6.45, 7) is 4.71. The van der Waals surface area contributed by atoms with Crippen LogP contribution in [0.15, 0.2) is 60.9 Å². The number of nitrogens with zero attached hydrogens (tertiary/aromatic N) is 1. The molecule has 0 aromatic rings. The molecule has 0 aliphatic heterocycles. The summed E-state index contributed by atoms with van der Waals surface area (Å²) in [5, 5.41) is 9.90. The summed E-state index contributed by atoms with van der Waals surface area (Å²) in [7, 11) is 1.57. The third kappa shape index (κ3) is 39.7. The van der Waals surface area contributed by atoms with Crippen molar-refractivity contribution >= 4 is 13.8 Å². The largest absolute Gasteiger partial charge is 0.498 e. The molecule has 0 saturated heterocycles. The van der Waals surface area contributed by atoms with E-state index in [2.05, 4.69) is 44.2 Å². The summed E-state index contributed by atoms with van der Waals surface area (Å²) < 4.78 is 34.6. The van der Waals surface area contributed by atoms with Gasteiger partial charge < -0.3 is 24.0 Å². The monoisotopic (exact) mass is 783 g/mol. The van der Waals surface area contributed by atoms with Gasteiger partial charge in [-0.3, -0.25) is 13.8 Å². The minimum atomic E-state index is -4.32. The molecule has 0 fully saturated rings. The molecule has 0 saturated carbocycles. The third-order valence-electron chi connectivity index (χ3n) is 8.75. The van der Waals surface area contributed by atoms with E-state index in [0.29, 0.717) is 17.4 Å². The van der Waals surface area contributed by atoms with E-state index in [9.17, 15) is 19.4 Å². The number of rotatable bonds is 38. The number of hydrogen-bond donors (Lipinski definition) is 2. The first-order valence-electron chi connectivity index (χ1n) is 21.2. The highest BCUT2D eigenvalue weighted by molar-refractivity contribution is 7.47. The maximum atomic E-state index is 12.6. The van der Waals surface area contributed by atoms with Crippen LogP contribution in [-0.4, -0.2) is 80.2 Å². The molecule has 0 heterocycles. The fraction of sp³-hybridized carbons (Fsp3) is 0.750. The molecule has 0 radical (unpaired) electrons.